The summed E-state index contributed by atoms with van der Waals surface area (Å²) in [5.41, 5.74) is 1.39. The Balaban J connectivity index is 0.000000405. The van der Waals surface area contributed by atoms with Crippen LogP contribution in [0.3, 0.4) is 0 Å². The Morgan fingerprint density at radius 2 is 2.44 bits per heavy atom. The van der Waals surface area contributed by atoms with E-state index >= 15 is 0 Å². The molecule has 0 saturated heterocycles. The number of fused-ring (bicyclic) bond motifs is 1. The summed E-state index contributed by atoms with van der Waals surface area (Å²) in [7, 11) is 0. The number of hydrogen-bond acceptors (Lipinski definition) is 1. The van der Waals surface area contributed by atoms with Crippen molar-refractivity contribution in [1.82, 2.24) is 9.78 Å². The van der Waals surface area contributed by atoms with Crippen molar-refractivity contribution in [3.8, 4) is 0 Å². The normalized spacial score (nSPS) is 14.7. The molecule has 0 saturated carbocycles. The highest BCUT2D eigenvalue weighted by atomic mass is 15.3. The molecule has 0 amide bonds. The van der Waals surface area contributed by atoms with Crippen LogP contribution in [-0.4, -0.2) is 9.78 Å². The van der Waals surface area contributed by atoms with Gasteiger partial charge < -0.3 is 0 Å². The number of nitrogens with zero attached hydrogens (tertiary/aromatic N) is 2. The number of rotatable bonds is 0. The zero-order valence-corrected chi connectivity index (χ0v) is 4.67. The summed E-state index contributed by atoms with van der Waals surface area (Å²) in [4.78, 5) is 0. The Bertz CT molecular complexity index is 172. The molecule has 2 heteroatoms. The van der Waals surface area contributed by atoms with Gasteiger partial charge in [0.15, 0.2) is 0 Å². The van der Waals surface area contributed by atoms with Gasteiger partial charge in [-0.1, -0.05) is 7.43 Å². The van der Waals surface area contributed by atoms with E-state index in [0.717, 1.165) is 6.54 Å². The summed E-state index contributed by atoms with van der Waals surface area (Å²) in [6, 6.07) is 2.09. The molecule has 0 fully saturated rings. The van der Waals surface area contributed by atoms with E-state index in [0.29, 0.717) is 0 Å². The lowest BCUT2D eigenvalue weighted by atomic mass is 10.3. The lowest BCUT2D eigenvalue weighted by molar-refractivity contribution is 0.656. The molecule has 0 unspecified atom stereocenters. The Labute approximate surface area is 55.5 Å². The quantitative estimate of drug-likeness (QED) is 0.512. The van der Waals surface area contributed by atoms with Crippen LogP contribution in [0.15, 0.2) is 12.3 Å². The molecule has 50 valence electrons. The van der Waals surface area contributed by atoms with Crippen LogP contribution < -0.4 is 0 Å². The van der Waals surface area contributed by atoms with Crippen LogP contribution in [0, 0.1) is 0 Å². The third kappa shape index (κ3) is 0.846. The van der Waals surface area contributed by atoms with E-state index < -0.39 is 0 Å². The molecule has 0 N–H and O–H groups in total. The first-order valence-corrected chi connectivity index (χ1v) is 2.97. The lowest BCUT2D eigenvalue weighted by Crippen LogP contribution is -1.92. The number of hydrogen-bond donors (Lipinski definition) is 0. The fourth-order valence-electron chi connectivity index (χ4n) is 1.18. The molecule has 0 radical (unpaired) electrons. The molecule has 0 aliphatic carbocycles. The van der Waals surface area contributed by atoms with Crippen molar-refractivity contribution in [3.05, 3.63) is 18.0 Å². The van der Waals surface area contributed by atoms with Gasteiger partial charge in [-0.25, -0.2) is 0 Å². The van der Waals surface area contributed by atoms with E-state index in [1.165, 1.54) is 18.5 Å². The van der Waals surface area contributed by atoms with Gasteiger partial charge in [-0.2, -0.15) is 5.10 Å². The Morgan fingerprint density at radius 3 is 3.22 bits per heavy atom. The van der Waals surface area contributed by atoms with Crippen LogP contribution in [0.1, 0.15) is 19.5 Å². The summed E-state index contributed by atoms with van der Waals surface area (Å²) >= 11 is 0. The zero-order chi connectivity index (χ0) is 5.40. The first kappa shape index (κ1) is 6.33. The van der Waals surface area contributed by atoms with Gasteiger partial charge in [0, 0.05) is 18.4 Å². The first-order valence-electron chi connectivity index (χ1n) is 2.97. The van der Waals surface area contributed by atoms with Crippen LogP contribution in [0.4, 0.5) is 0 Å². The molecule has 2 nitrogen and oxygen atoms in total. The van der Waals surface area contributed by atoms with Crippen molar-refractivity contribution >= 4 is 0 Å². The van der Waals surface area contributed by atoms with Crippen molar-refractivity contribution in [1.29, 1.82) is 0 Å². The van der Waals surface area contributed by atoms with Gasteiger partial charge in [-0.15, -0.1) is 0 Å². The second kappa shape index (κ2) is 2.21. The highest BCUT2D eigenvalue weighted by Crippen LogP contribution is 2.10. The highest BCUT2D eigenvalue weighted by Gasteiger charge is 2.07. The average molecular weight is 124 g/mol. The molecular weight excluding hydrogens is 112 g/mol. The molecule has 1 aliphatic heterocycles. The van der Waals surface area contributed by atoms with Crippen LogP contribution >= 0.6 is 0 Å². The van der Waals surface area contributed by atoms with E-state index in [2.05, 4.69) is 15.8 Å². The monoisotopic (exact) mass is 124 g/mol. The molecule has 9 heavy (non-hydrogen) atoms. The minimum absolute atomic E-state index is 0. The molecule has 0 aromatic carbocycles. The van der Waals surface area contributed by atoms with Gasteiger partial charge >= 0.3 is 0 Å². The van der Waals surface area contributed by atoms with E-state index in [1.807, 2.05) is 6.20 Å². The smallest absolute Gasteiger partial charge is 0.0492 e. The zero-order valence-electron chi connectivity index (χ0n) is 4.67. The summed E-state index contributed by atoms with van der Waals surface area (Å²) in [6.45, 7) is 1.13. The lowest BCUT2D eigenvalue weighted by Gasteiger charge is -1.87. The van der Waals surface area contributed by atoms with E-state index in [1.54, 1.807) is 0 Å². The van der Waals surface area contributed by atoms with Gasteiger partial charge in [0.2, 0.25) is 0 Å². The summed E-state index contributed by atoms with van der Waals surface area (Å²) in [5.74, 6) is 0. The predicted molar refractivity (Wildman–Crippen MR) is 37.3 cm³/mol. The van der Waals surface area contributed by atoms with Crippen LogP contribution in [-0.2, 0) is 13.0 Å². The van der Waals surface area contributed by atoms with E-state index in [-0.39, 0.29) is 7.43 Å². The van der Waals surface area contributed by atoms with Crippen LogP contribution in [0.2, 0.25) is 0 Å². The second-order valence-corrected chi connectivity index (χ2v) is 2.15. The third-order valence-corrected chi connectivity index (χ3v) is 1.61. The minimum Gasteiger partial charge on any atom is -0.270 e. The van der Waals surface area contributed by atoms with Crippen LogP contribution in [0.25, 0.3) is 0 Å². The Morgan fingerprint density at radius 1 is 1.56 bits per heavy atom. The van der Waals surface area contributed by atoms with Gasteiger partial charge in [-0.05, 0) is 18.9 Å². The average Bonchev–Trinajstić information content (AvgIpc) is 2.15. The molecule has 0 bridgehead atoms. The maximum absolute atomic E-state index is 4.11. The van der Waals surface area contributed by atoms with Crippen LogP contribution in [0.5, 0.6) is 0 Å². The standard InChI is InChI=1S/C6H8N2.CH4/c1-2-6-3-4-7-8(6)5-1;/h3-4H,1-2,5H2;1H4. The molecule has 0 spiro atoms. The summed E-state index contributed by atoms with van der Waals surface area (Å²) in [5, 5.41) is 4.11. The molecule has 1 aromatic heterocycles. The Hall–Kier alpha value is -0.790. The topological polar surface area (TPSA) is 17.8 Å². The van der Waals surface area contributed by atoms with Crippen molar-refractivity contribution in [2.75, 3.05) is 0 Å². The molecular formula is C7H12N2. The molecule has 1 aromatic rings. The number of aromatic nitrogens is 2. The van der Waals surface area contributed by atoms with Gasteiger partial charge in [0.05, 0.1) is 0 Å². The van der Waals surface area contributed by atoms with Gasteiger partial charge in [0.1, 0.15) is 0 Å². The third-order valence-electron chi connectivity index (χ3n) is 1.61. The molecule has 2 rings (SSSR count). The Kier molecular flexibility index (Phi) is 1.56. The predicted octanol–water partition coefficient (Wildman–Crippen LogP) is 1.47. The van der Waals surface area contributed by atoms with Crippen molar-refractivity contribution < 1.29 is 0 Å². The van der Waals surface area contributed by atoms with Crippen molar-refractivity contribution in [2.45, 2.75) is 26.8 Å². The van der Waals surface area contributed by atoms with Crippen molar-refractivity contribution in [3.63, 3.8) is 0 Å². The summed E-state index contributed by atoms with van der Waals surface area (Å²) < 4.78 is 2.07. The van der Waals surface area contributed by atoms with E-state index in [4.69, 9.17) is 0 Å². The second-order valence-electron chi connectivity index (χ2n) is 2.15. The molecule has 2 heterocycles. The fraction of sp³-hybridized carbons (Fsp3) is 0.571. The van der Waals surface area contributed by atoms with Gasteiger partial charge in [0.25, 0.3) is 0 Å². The maximum Gasteiger partial charge on any atom is 0.0492 e. The minimum atomic E-state index is 0. The molecule has 1 aliphatic rings. The number of aryl methyl sites for hydroxylation is 2. The van der Waals surface area contributed by atoms with E-state index in [9.17, 15) is 0 Å². The maximum atomic E-state index is 4.11. The largest absolute Gasteiger partial charge is 0.270 e. The van der Waals surface area contributed by atoms with Crippen molar-refractivity contribution in [2.24, 2.45) is 0 Å². The van der Waals surface area contributed by atoms with Gasteiger partial charge in [-0.3, -0.25) is 4.68 Å². The highest BCUT2D eigenvalue weighted by molar-refractivity contribution is 5.03. The first-order chi connectivity index (χ1) is 3.97. The fourth-order valence-corrected chi connectivity index (χ4v) is 1.18. The SMILES string of the molecule is C.c1cc2n(n1)CCC2. The summed E-state index contributed by atoms with van der Waals surface area (Å²) in [6.07, 6.45) is 4.37. The molecule has 0 atom stereocenters.